The molecule has 0 bridgehead atoms. The molecule has 1 fully saturated rings. The largest absolute Gasteiger partial charge is 0.336 e. The average molecular weight is 309 g/mol. The number of anilines is 2. The van der Waals surface area contributed by atoms with Crippen molar-refractivity contribution in [2.24, 2.45) is 0 Å². The molecule has 0 saturated carbocycles. The Hall–Kier alpha value is -2.36. The molecule has 1 aromatic carbocycles. The van der Waals surface area contributed by atoms with Crippen molar-refractivity contribution in [2.75, 3.05) is 18.5 Å². The fraction of sp³-hybridized carbons (Fsp3) is 0.368. The van der Waals surface area contributed by atoms with E-state index in [1.54, 1.807) is 6.92 Å². The van der Waals surface area contributed by atoms with Crippen LogP contribution in [0.4, 0.5) is 11.5 Å². The highest BCUT2D eigenvalue weighted by atomic mass is 16.2. The third kappa shape index (κ3) is 3.36. The van der Waals surface area contributed by atoms with Crippen LogP contribution in [-0.4, -0.2) is 29.4 Å². The molecule has 1 atom stereocenters. The molecule has 0 N–H and O–H groups in total. The van der Waals surface area contributed by atoms with Gasteiger partial charge in [0.05, 0.1) is 6.04 Å². The Balaban J connectivity index is 1.80. The summed E-state index contributed by atoms with van der Waals surface area (Å²) in [4.78, 5) is 20.5. The molecule has 1 saturated heterocycles. The molecular formula is C19H23N3O. The number of benzene rings is 1. The minimum Gasteiger partial charge on any atom is -0.336 e. The minimum atomic E-state index is 0.153. The topological polar surface area (TPSA) is 36.4 Å². The number of nitrogens with zero attached hydrogens (tertiary/aromatic N) is 3. The number of piperidine rings is 1. The minimum absolute atomic E-state index is 0.153. The molecule has 3 rings (SSSR count). The molecule has 1 aliphatic heterocycles. The first kappa shape index (κ1) is 15.5. The van der Waals surface area contributed by atoms with E-state index in [2.05, 4.69) is 28.1 Å². The number of hydrogen-bond acceptors (Lipinski definition) is 3. The molecule has 0 spiro atoms. The lowest BCUT2D eigenvalue weighted by molar-refractivity contribution is -0.132. The number of likely N-dealkylation sites (tertiary alicyclic amines) is 1. The lowest BCUT2D eigenvalue weighted by Crippen LogP contribution is -2.37. The summed E-state index contributed by atoms with van der Waals surface area (Å²) in [7, 11) is 2.01. The summed E-state index contributed by atoms with van der Waals surface area (Å²) in [5, 5.41) is 0. The van der Waals surface area contributed by atoms with Gasteiger partial charge in [-0.1, -0.05) is 24.3 Å². The van der Waals surface area contributed by atoms with Crippen molar-refractivity contribution in [3.05, 3.63) is 54.2 Å². The average Bonchev–Trinajstić information content (AvgIpc) is 2.62. The smallest absolute Gasteiger partial charge is 0.219 e. The predicted octanol–water partition coefficient (Wildman–Crippen LogP) is 3.92. The molecule has 120 valence electrons. The molecule has 4 nitrogen and oxygen atoms in total. The molecule has 2 aromatic rings. The van der Waals surface area contributed by atoms with Gasteiger partial charge in [-0.2, -0.15) is 0 Å². The van der Waals surface area contributed by atoms with Crippen molar-refractivity contribution in [2.45, 2.75) is 32.2 Å². The maximum atomic E-state index is 11.8. The van der Waals surface area contributed by atoms with Gasteiger partial charge in [0.25, 0.3) is 0 Å². The van der Waals surface area contributed by atoms with E-state index in [1.165, 1.54) is 6.42 Å². The summed E-state index contributed by atoms with van der Waals surface area (Å²) >= 11 is 0. The van der Waals surface area contributed by atoms with Crippen molar-refractivity contribution in [1.82, 2.24) is 9.88 Å². The summed E-state index contributed by atoms with van der Waals surface area (Å²) in [6.45, 7) is 2.51. The number of carbonyl (C=O) groups is 1. The van der Waals surface area contributed by atoms with E-state index in [4.69, 9.17) is 0 Å². The molecule has 1 aliphatic rings. The predicted molar refractivity (Wildman–Crippen MR) is 92.7 cm³/mol. The van der Waals surface area contributed by atoms with Gasteiger partial charge in [-0.25, -0.2) is 4.98 Å². The zero-order valence-electron chi connectivity index (χ0n) is 13.8. The highest BCUT2D eigenvalue weighted by Gasteiger charge is 2.26. The fourth-order valence-corrected chi connectivity index (χ4v) is 3.23. The Kier molecular flexibility index (Phi) is 4.60. The van der Waals surface area contributed by atoms with Gasteiger partial charge in [0.15, 0.2) is 0 Å². The van der Waals surface area contributed by atoms with E-state index in [-0.39, 0.29) is 11.9 Å². The Morgan fingerprint density at radius 2 is 1.96 bits per heavy atom. The Labute approximate surface area is 137 Å². The SMILES string of the molecule is CC(=O)N1CCCC[C@H]1c1ccc(N(C)c2ccccc2)nc1. The number of para-hydroxylation sites is 1. The second-order valence-corrected chi connectivity index (χ2v) is 6.07. The van der Waals surface area contributed by atoms with Crippen molar-refractivity contribution in [3.8, 4) is 0 Å². The molecule has 23 heavy (non-hydrogen) atoms. The number of aromatic nitrogens is 1. The van der Waals surface area contributed by atoms with Crippen molar-refractivity contribution < 1.29 is 4.79 Å². The molecule has 4 heteroatoms. The van der Waals surface area contributed by atoms with Gasteiger partial charge in [0.1, 0.15) is 5.82 Å². The number of hydrogen-bond donors (Lipinski definition) is 0. The lowest BCUT2D eigenvalue weighted by atomic mass is 9.96. The van der Waals surface area contributed by atoms with Crippen LogP contribution in [0, 0.1) is 0 Å². The third-order valence-electron chi connectivity index (χ3n) is 4.55. The van der Waals surface area contributed by atoms with E-state index >= 15 is 0 Å². The van der Waals surface area contributed by atoms with Crippen molar-refractivity contribution in [3.63, 3.8) is 0 Å². The van der Waals surface area contributed by atoms with Gasteiger partial charge >= 0.3 is 0 Å². The fourth-order valence-electron chi connectivity index (χ4n) is 3.23. The van der Waals surface area contributed by atoms with Crippen LogP contribution in [-0.2, 0) is 4.79 Å². The van der Waals surface area contributed by atoms with Gasteiger partial charge in [-0.05, 0) is 43.0 Å². The number of amides is 1. The molecule has 1 amide bonds. The summed E-state index contributed by atoms with van der Waals surface area (Å²) in [5.74, 6) is 1.06. The first-order chi connectivity index (χ1) is 11.2. The van der Waals surface area contributed by atoms with Gasteiger partial charge < -0.3 is 9.80 Å². The van der Waals surface area contributed by atoms with Gasteiger partial charge in [-0.3, -0.25) is 4.79 Å². The second-order valence-electron chi connectivity index (χ2n) is 6.07. The monoisotopic (exact) mass is 309 g/mol. The van der Waals surface area contributed by atoms with E-state index in [0.29, 0.717) is 0 Å². The summed E-state index contributed by atoms with van der Waals surface area (Å²) < 4.78 is 0. The first-order valence-corrected chi connectivity index (χ1v) is 8.19. The molecule has 1 aromatic heterocycles. The number of carbonyl (C=O) groups excluding carboxylic acids is 1. The van der Waals surface area contributed by atoms with E-state index in [9.17, 15) is 4.79 Å². The third-order valence-corrected chi connectivity index (χ3v) is 4.55. The molecule has 0 unspecified atom stereocenters. The van der Waals surface area contributed by atoms with Crippen molar-refractivity contribution >= 4 is 17.4 Å². The van der Waals surface area contributed by atoms with Crippen molar-refractivity contribution in [1.29, 1.82) is 0 Å². The van der Waals surface area contributed by atoms with Crippen LogP contribution in [0.15, 0.2) is 48.7 Å². The van der Waals surface area contributed by atoms with Gasteiger partial charge in [0, 0.05) is 32.4 Å². The van der Waals surface area contributed by atoms with Crippen LogP contribution >= 0.6 is 0 Å². The van der Waals surface area contributed by atoms with E-state index in [0.717, 1.165) is 36.5 Å². The van der Waals surface area contributed by atoms with Gasteiger partial charge in [-0.15, -0.1) is 0 Å². The van der Waals surface area contributed by atoms with Crippen LogP contribution in [0.1, 0.15) is 37.8 Å². The number of rotatable bonds is 3. The second kappa shape index (κ2) is 6.82. The quantitative estimate of drug-likeness (QED) is 0.862. The molecule has 2 heterocycles. The van der Waals surface area contributed by atoms with Crippen LogP contribution < -0.4 is 4.90 Å². The maximum Gasteiger partial charge on any atom is 0.219 e. The van der Waals surface area contributed by atoms with Crippen LogP contribution in [0.5, 0.6) is 0 Å². The van der Waals surface area contributed by atoms with E-state index < -0.39 is 0 Å². The normalized spacial score (nSPS) is 17.8. The van der Waals surface area contributed by atoms with E-state index in [1.807, 2.05) is 42.4 Å². The Bertz CT molecular complexity index is 654. The lowest BCUT2D eigenvalue weighted by Gasteiger charge is -2.35. The van der Waals surface area contributed by atoms with Crippen LogP contribution in [0.25, 0.3) is 0 Å². The highest BCUT2D eigenvalue weighted by molar-refractivity contribution is 5.74. The zero-order valence-corrected chi connectivity index (χ0v) is 13.8. The standard InChI is InChI=1S/C19H23N3O/c1-15(23)22-13-7-6-10-18(22)16-11-12-19(20-14-16)21(2)17-8-4-3-5-9-17/h3-5,8-9,11-12,14,18H,6-7,10,13H2,1-2H3/t18-/m0/s1. The molecule has 0 radical (unpaired) electrons. The van der Waals surface area contributed by atoms with Crippen LogP contribution in [0.2, 0.25) is 0 Å². The Morgan fingerprint density at radius 3 is 2.61 bits per heavy atom. The number of pyridine rings is 1. The zero-order chi connectivity index (χ0) is 16.2. The van der Waals surface area contributed by atoms with Crippen LogP contribution in [0.3, 0.4) is 0 Å². The molecular weight excluding hydrogens is 286 g/mol. The highest BCUT2D eigenvalue weighted by Crippen LogP contribution is 2.31. The summed E-state index contributed by atoms with van der Waals surface area (Å²) in [5.41, 5.74) is 2.24. The summed E-state index contributed by atoms with van der Waals surface area (Å²) in [6, 6.07) is 14.5. The first-order valence-electron chi connectivity index (χ1n) is 8.19. The maximum absolute atomic E-state index is 11.8. The Morgan fingerprint density at radius 1 is 1.17 bits per heavy atom. The summed E-state index contributed by atoms with van der Waals surface area (Å²) in [6.07, 6.45) is 5.20. The molecule has 0 aliphatic carbocycles. The van der Waals surface area contributed by atoms with Gasteiger partial charge in [0.2, 0.25) is 5.91 Å².